The highest BCUT2D eigenvalue weighted by Gasteiger charge is 2.15. The number of nitrogens with zero attached hydrogens (tertiary/aromatic N) is 3. The summed E-state index contributed by atoms with van der Waals surface area (Å²) in [7, 11) is 1.66. The van der Waals surface area contributed by atoms with Gasteiger partial charge in [0.1, 0.15) is 5.75 Å². The van der Waals surface area contributed by atoms with Crippen LogP contribution in [0.4, 0.5) is 0 Å². The monoisotopic (exact) mass is 327 g/mol. The SMILES string of the molecule is C[C@H](COc1ccc(-c2ccc(=O)n(C)n2)cc1)CN1CCCC1. The minimum Gasteiger partial charge on any atom is -0.493 e. The normalized spacial score (nSPS) is 16.2. The highest BCUT2D eigenvalue weighted by atomic mass is 16.5. The van der Waals surface area contributed by atoms with Crippen LogP contribution >= 0.6 is 0 Å². The van der Waals surface area contributed by atoms with Crippen LogP contribution in [0.15, 0.2) is 41.2 Å². The predicted molar refractivity (Wildman–Crippen MR) is 95.2 cm³/mol. The Morgan fingerprint density at radius 3 is 2.50 bits per heavy atom. The summed E-state index contributed by atoms with van der Waals surface area (Å²) in [4.78, 5) is 13.9. The Morgan fingerprint density at radius 2 is 1.83 bits per heavy atom. The summed E-state index contributed by atoms with van der Waals surface area (Å²) in [6.45, 7) is 6.53. The van der Waals surface area contributed by atoms with Gasteiger partial charge in [0.2, 0.25) is 0 Å². The summed E-state index contributed by atoms with van der Waals surface area (Å²) in [5.41, 5.74) is 1.65. The number of aromatic nitrogens is 2. The van der Waals surface area contributed by atoms with Crippen LogP contribution < -0.4 is 10.3 Å². The first-order chi connectivity index (χ1) is 11.6. The van der Waals surface area contributed by atoms with Crippen molar-refractivity contribution in [2.24, 2.45) is 13.0 Å². The summed E-state index contributed by atoms with van der Waals surface area (Å²) in [6, 6.07) is 11.2. The fraction of sp³-hybridized carbons (Fsp3) is 0.474. The van der Waals surface area contributed by atoms with Crippen LogP contribution in [0.3, 0.4) is 0 Å². The highest BCUT2D eigenvalue weighted by molar-refractivity contribution is 5.59. The van der Waals surface area contributed by atoms with Crippen molar-refractivity contribution in [3.63, 3.8) is 0 Å². The van der Waals surface area contributed by atoms with Gasteiger partial charge in [-0.3, -0.25) is 4.79 Å². The lowest BCUT2D eigenvalue weighted by Gasteiger charge is -2.20. The zero-order valence-electron chi connectivity index (χ0n) is 14.4. The van der Waals surface area contributed by atoms with Crippen LogP contribution in [-0.4, -0.2) is 40.9 Å². The Kier molecular flexibility index (Phi) is 5.30. The fourth-order valence-corrected chi connectivity index (χ4v) is 3.08. The van der Waals surface area contributed by atoms with Gasteiger partial charge in [0.15, 0.2) is 0 Å². The number of rotatable bonds is 6. The molecule has 0 spiro atoms. The zero-order chi connectivity index (χ0) is 16.9. The molecule has 0 aliphatic carbocycles. The summed E-state index contributed by atoms with van der Waals surface area (Å²) in [5, 5.41) is 4.26. The maximum absolute atomic E-state index is 11.4. The van der Waals surface area contributed by atoms with Crippen molar-refractivity contribution in [2.75, 3.05) is 26.2 Å². The average Bonchev–Trinajstić information content (AvgIpc) is 3.09. The quantitative estimate of drug-likeness (QED) is 0.818. The van der Waals surface area contributed by atoms with Gasteiger partial charge in [-0.2, -0.15) is 5.10 Å². The van der Waals surface area contributed by atoms with E-state index < -0.39 is 0 Å². The standard InChI is InChI=1S/C19H25N3O2/c1-15(13-22-11-3-4-12-22)14-24-17-7-5-16(6-8-17)18-9-10-19(23)21(2)20-18/h5-10,15H,3-4,11-14H2,1-2H3/t15-/m0/s1. The molecule has 1 aliphatic heterocycles. The molecule has 1 atom stereocenters. The second kappa shape index (κ2) is 7.62. The lowest BCUT2D eigenvalue weighted by Crippen LogP contribution is -2.28. The molecule has 1 aromatic carbocycles. The molecule has 5 heteroatoms. The molecule has 0 bridgehead atoms. The van der Waals surface area contributed by atoms with Gasteiger partial charge in [-0.25, -0.2) is 4.68 Å². The first kappa shape index (κ1) is 16.7. The molecule has 1 saturated heterocycles. The summed E-state index contributed by atoms with van der Waals surface area (Å²) in [5.74, 6) is 1.39. The Bertz CT molecular complexity index is 718. The van der Waals surface area contributed by atoms with E-state index in [1.165, 1.54) is 36.7 Å². The van der Waals surface area contributed by atoms with Crippen molar-refractivity contribution in [2.45, 2.75) is 19.8 Å². The lowest BCUT2D eigenvalue weighted by atomic mass is 10.1. The molecule has 2 aromatic rings. The van der Waals surface area contributed by atoms with Gasteiger partial charge in [0, 0.05) is 31.1 Å². The van der Waals surface area contributed by atoms with E-state index in [0.29, 0.717) is 5.92 Å². The van der Waals surface area contributed by atoms with Crippen molar-refractivity contribution in [1.29, 1.82) is 0 Å². The van der Waals surface area contributed by atoms with Crippen LogP contribution in [0.25, 0.3) is 11.3 Å². The predicted octanol–water partition coefficient (Wildman–Crippen LogP) is 2.56. The second-order valence-corrected chi connectivity index (χ2v) is 6.63. The number of ether oxygens (including phenoxy) is 1. The molecule has 0 saturated carbocycles. The molecule has 3 rings (SSSR count). The zero-order valence-corrected chi connectivity index (χ0v) is 14.4. The molecule has 2 heterocycles. The van der Waals surface area contributed by atoms with Gasteiger partial charge in [-0.15, -0.1) is 0 Å². The van der Waals surface area contributed by atoms with Gasteiger partial charge >= 0.3 is 0 Å². The van der Waals surface area contributed by atoms with Crippen LogP contribution in [0.2, 0.25) is 0 Å². The Labute approximate surface area is 142 Å². The van der Waals surface area contributed by atoms with Gasteiger partial charge in [-0.05, 0) is 56.3 Å². The van der Waals surface area contributed by atoms with Crippen LogP contribution in [0.1, 0.15) is 19.8 Å². The van der Waals surface area contributed by atoms with E-state index >= 15 is 0 Å². The van der Waals surface area contributed by atoms with E-state index in [1.807, 2.05) is 24.3 Å². The Hall–Kier alpha value is -2.14. The molecule has 1 fully saturated rings. The van der Waals surface area contributed by atoms with Crippen LogP contribution in [0, 0.1) is 5.92 Å². The third kappa shape index (κ3) is 4.23. The van der Waals surface area contributed by atoms with Crippen molar-refractivity contribution in [3.05, 3.63) is 46.8 Å². The topological polar surface area (TPSA) is 47.4 Å². The van der Waals surface area contributed by atoms with Gasteiger partial charge in [0.25, 0.3) is 5.56 Å². The van der Waals surface area contributed by atoms with Crippen LogP contribution in [-0.2, 0) is 7.05 Å². The van der Waals surface area contributed by atoms with E-state index in [1.54, 1.807) is 13.1 Å². The molecule has 1 aliphatic rings. The molecule has 5 nitrogen and oxygen atoms in total. The maximum atomic E-state index is 11.4. The molecular weight excluding hydrogens is 302 g/mol. The lowest BCUT2D eigenvalue weighted by molar-refractivity contribution is 0.206. The minimum atomic E-state index is -0.106. The van der Waals surface area contributed by atoms with Gasteiger partial charge in [0.05, 0.1) is 12.3 Å². The van der Waals surface area contributed by atoms with E-state index in [4.69, 9.17) is 4.74 Å². The minimum absolute atomic E-state index is 0.106. The van der Waals surface area contributed by atoms with E-state index in [-0.39, 0.29) is 5.56 Å². The van der Waals surface area contributed by atoms with E-state index in [2.05, 4.69) is 16.9 Å². The number of aryl methyl sites for hydroxylation is 1. The third-order valence-electron chi connectivity index (χ3n) is 4.41. The number of hydrogen-bond donors (Lipinski definition) is 0. The summed E-state index contributed by atoms with van der Waals surface area (Å²) < 4.78 is 7.26. The number of benzene rings is 1. The average molecular weight is 327 g/mol. The number of likely N-dealkylation sites (tertiary alicyclic amines) is 1. The van der Waals surface area contributed by atoms with Crippen molar-refractivity contribution in [1.82, 2.24) is 14.7 Å². The highest BCUT2D eigenvalue weighted by Crippen LogP contribution is 2.20. The molecule has 0 amide bonds. The molecule has 0 radical (unpaired) electrons. The maximum Gasteiger partial charge on any atom is 0.266 e. The van der Waals surface area contributed by atoms with E-state index in [9.17, 15) is 4.79 Å². The van der Waals surface area contributed by atoms with E-state index in [0.717, 1.165) is 30.2 Å². The van der Waals surface area contributed by atoms with Gasteiger partial charge < -0.3 is 9.64 Å². The van der Waals surface area contributed by atoms with Crippen molar-refractivity contribution in [3.8, 4) is 17.0 Å². The van der Waals surface area contributed by atoms with Crippen LogP contribution in [0.5, 0.6) is 5.75 Å². The van der Waals surface area contributed by atoms with Crippen molar-refractivity contribution >= 4 is 0 Å². The second-order valence-electron chi connectivity index (χ2n) is 6.63. The van der Waals surface area contributed by atoms with Crippen molar-refractivity contribution < 1.29 is 4.74 Å². The number of hydrogen-bond acceptors (Lipinski definition) is 4. The molecule has 0 unspecified atom stereocenters. The van der Waals surface area contributed by atoms with Gasteiger partial charge in [-0.1, -0.05) is 6.92 Å². The largest absolute Gasteiger partial charge is 0.493 e. The smallest absolute Gasteiger partial charge is 0.266 e. The third-order valence-corrected chi connectivity index (χ3v) is 4.41. The first-order valence-electron chi connectivity index (χ1n) is 8.62. The first-order valence-corrected chi connectivity index (χ1v) is 8.62. The fourth-order valence-electron chi connectivity index (χ4n) is 3.08. The molecule has 24 heavy (non-hydrogen) atoms. The summed E-state index contributed by atoms with van der Waals surface area (Å²) >= 11 is 0. The molecule has 1 aromatic heterocycles. The molecule has 128 valence electrons. The Morgan fingerprint density at radius 1 is 1.12 bits per heavy atom. The Balaban J connectivity index is 1.56. The molecular formula is C19H25N3O2. The summed E-state index contributed by atoms with van der Waals surface area (Å²) in [6.07, 6.45) is 2.66. The molecule has 0 N–H and O–H groups in total.